The highest BCUT2D eigenvalue weighted by atomic mass is 19.3. The van der Waals surface area contributed by atoms with E-state index < -0.39 is 29.1 Å². The van der Waals surface area contributed by atoms with Crippen LogP contribution in [0.3, 0.4) is 0 Å². The molecule has 3 N–H and O–H groups in total. The molecule has 0 unspecified atom stereocenters. The Labute approximate surface area is 130 Å². The summed E-state index contributed by atoms with van der Waals surface area (Å²) in [6.45, 7) is 1.67. The van der Waals surface area contributed by atoms with Crippen LogP contribution in [0.4, 0.5) is 18.9 Å². The number of hydrogen-bond acceptors (Lipinski definition) is 2. The van der Waals surface area contributed by atoms with Gasteiger partial charge in [-0.25, -0.2) is 4.39 Å². The fourth-order valence-corrected chi connectivity index (χ4v) is 1.97. The first-order valence-electron chi connectivity index (χ1n) is 6.57. The van der Waals surface area contributed by atoms with Crippen LogP contribution in [0.2, 0.25) is 0 Å². The molecule has 0 fully saturated rings. The lowest BCUT2D eigenvalue weighted by atomic mass is 10.1. The summed E-state index contributed by atoms with van der Waals surface area (Å²) in [6.07, 6.45) is 0. The van der Waals surface area contributed by atoms with Gasteiger partial charge in [-0.15, -0.1) is 0 Å². The third kappa shape index (κ3) is 3.50. The molecule has 0 aliphatic carbocycles. The van der Waals surface area contributed by atoms with Gasteiger partial charge in [0.15, 0.2) is 0 Å². The highest BCUT2D eigenvalue weighted by molar-refractivity contribution is 6.05. The summed E-state index contributed by atoms with van der Waals surface area (Å²) in [5.74, 6) is -7.09. The molecule has 2 amide bonds. The van der Waals surface area contributed by atoms with Gasteiger partial charge < -0.3 is 11.1 Å². The fraction of sp³-hybridized carbons (Fsp3) is 0.125. The number of primary amides is 1. The summed E-state index contributed by atoms with van der Waals surface area (Å²) >= 11 is 0. The van der Waals surface area contributed by atoms with Crippen LogP contribution in [0.15, 0.2) is 42.5 Å². The lowest BCUT2D eigenvalue weighted by molar-refractivity contribution is -0.140. The third-order valence-electron chi connectivity index (χ3n) is 3.18. The Hall–Kier alpha value is -2.83. The molecule has 0 spiro atoms. The van der Waals surface area contributed by atoms with Gasteiger partial charge in [0.25, 0.3) is 11.8 Å². The molecular weight excluding hydrogens is 309 g/mol. The molecule has 0 saturated heterocycles. The van der Waals surface area contributed by atoms with Gasteiger partial charge in [-0.3, -0.25) is 9.59 Å². The summed E-state index contributed by atoms with van der Waals surface area (Å²) in [4.78, 5) is 23.2. The number of amides is 2. The van der Waals surface area contributed by atoms with Crippen molar-refractivity contribution >= 4 is 17.5 Å². The van der Waals surface area contributed by atoms with E-state index in [0.717, 1.165) is 24.3 Å². The zero-order valence-electron chi connectivity index (χ0n) is 12.1. The molecule has 0 aliphatic heterocycles. The molecule has 120 valence electrons. The first-order valence-corrected chi connectivity index (χ1v) is 6.57. The Morgan fingerprint density at radius 3 is 2.26 bits per heavy atom. The molecule has 7 heteroatoms. The number of halogens is 3. The maximum Gasteiger partial charge on any atom is 0.350 e. The summed E-state index contributed by atoms with van der Waals surface area (Å²) in [6, 6.07) is 7.56. The minimum Gasteiger partial charge on any atom is -0.366 e. The number of carbonyl (C=O) groups excluding carboxylic acids is 2. The number of nitrogens with two attached hydrogens (primary N) is 1. The van der Waals surface area contributed by atoms with Gasteiger partial charge in [0, 0.05) is 5.56 Å². The molecule has 4 nitrogen and oxygen atoms in total. The Morgan fingerprint density at radius 2 is 1.70 bits per heavy atom. The Bertz CT molecular complexity index is 758. The number of alkyl halides is 2. The van der Waals surface area contributed by atoms with E-state index >= 15 is 0 Å². The van der Waals surface area contributed by atoms with Crippen LogP contribution in [0, 0.1) is 12.7 Å². The minimum atomic E-state index is -3.90. The number of hydrogen-bond donors (Lipinski definition) is 2. The Morgan fingerprint density at radius 1 is 1.09 bits per heavy atom. The predicted octanol–water partition coefficient (Wildman–Crippen LogP) is 2.96. The number of rotatable bonds is 4. The third-order valence-corrected chi connectivity index (χ3v) is 3.18. The van der Waals surface area contributed by atoms with E-state index in [2.05, 4.69) is 0 Å². The number of aryl methyl sites for hydroxylation is 1. The van der Waals surface area contributed by atoms with Gasteiger partial charge in [-0.1, -0.05) is 6.07 Å². The van der Waals surface area contributed by atoms with E-state index in [1.54, 1.807) is 13.0 Å². The molecule has 2 aromatic rings. The zero-order valence-corrected chi connectivity index (χ0v) is 12.1. The lowest BCUT2D eigenvalue weighted by Crippen LogP contribution is -2.33. The quantitative estimate of drug-likeness (QED) is 0.908. The standard InChI is InChI=1S/C16H13F3N2O2/c1-9-2-7-12(14(20)22)13(8-9)21-15(23)16(18,19)10-3-5-11(17)6-4-10/h2-8H,1H3,(H2,20,22)(H,21,23). The van der Waals surface area contributed by atoms with Crippen LogP contribution in [-0.2, 0) is 10.7 Å². The van der Waals surface area contributed by atoms with Crippen molar-refractivity contribution in [1.82, 2.24) is 0 Å². The number of carbonyl (C=O) groups is 2. The first kappa shape index (κ1) is 16.5. The van der Waals surface area contributed by atoms with Gasteiger partial charge in [0.1, 0.15) is 5.82 Å². The largest absolute Gasteiger partial charge is 0.366 e. The summed E-state index contributed by atoms with van der Waals surface area (Å²) in [5.41, 5.74) is 4.95. The number of nitrogens with one attached hydrogen (secondary N) is 1. The van der Waals surface area contributed by atoms with E-state index in [0.29, 0.717) is 5.56 Å². The molecule has 0 bridgehead atoms. The lowest BCUT2D eigenvalue weighted by Gasteiger charge is -2.17. The van der Waals surface area contributed by atoms with Crippen LogP contribution in [0.1, 0.15) is 21.5 Å². The van der Waals surface area contributed by atoms with E-state index in [-0.39, 0.29) is 11.3 Å². The minimum absolute atomic E-state index is 0.0844. The fourth-order valence-electron chi connectivity index (χ4n) is 1.97. The second kappa shape index (κ2) is 6.12. The SMILES string of the molecule is Cc1ccc(C(N)=O)c(NC(=O)C(F)(F)c2ccc(F)cc2)c1. The highest BCUT2D eigenvalue weighted by Crippen LogP contribution is 2.30. The summed E-state index contributed by atoms with van der Waals surface area (Å²) in [5, 5.41) is 2.00. The van der Waals surface area contributed by atoms with Gasteiger partial charge in [-0.2, -0.15) is 8.78 Å². The van der Waals surface area contributed by atoms with E-state index in [9.17, 15) is 22.8 Å². The Kier molecular flexibility index (Phi) is 4.40. The van der Waals surface area contributed by atoms with Gasteiger partial charge in [0.2, 0.25) is 0 Å². The van der Waals surface area contributed by atoms with E-state index in [1.165, 1.54) is 12.1 Å². The van der Waals surface area contributed by atoms with Crippen molar-refractivity contribution in [3.63, 3.8) is 0 Å². The number of benzene rings is 2. The molecule has 0 atom stereocenters. The zero-order chi connectivity index (χ0) is 17.2. The van der Waals surface area contributed by atoms with Crippen LogP contribution in [0.5, 0.6) is 0 Å². The van der Waals surface area contributed by atoms with Crippen molar-refractivity contribution in [1.29, 1.82) is 0 Å². The van der Waals surface area contributed by atoms with Crippen LogP contribution < -0.4 is 11.1 Å². The highest BCUT2D eigenvalue weighted by Gasteiger charge is 2.41. The molecule has 0 heterocycles. The summed E-state index contributed by atoms with van der Waals surface area (Å²) in [7, 11) is 0. The van der Waals surface area contributed by atoms with Crippen LogP contribution in [0.25, 0.3) is 0 Å². The average Bonchev–Trinajstić information content (AvgIpc) is 2.47. The van der Waals surface area contributed by atoms with Crippen molar-refractivity contribution in [2.24, 2.45) is 5.73 Å². The molecule has 2 rings (SSSR count). The van der Waals surface area contributed by atoms with Crippen LogP contribution in [-0.4, -0.2) is 11.8 Å². The smallest absolute Gasteiger partial charge is 0.350 e. The maximum atomic E-state index is 14.1. The second-order valence-corrected chi connectivity index (χ2v) is 4.95. The number of anilines is 1. The monoisotopic (exact) mass is 322 g/mol. The molecular formula is C16H13F3N2O2. The topological polar surface area (TPSA) is 72.2 Å². The van der Waals surface area contributed by atoms with Crippen molar-refractivity contribution in [3.8, 4) is 0 Å². The van der Waals surface area contributed by atoms with E-state index in [4.69, 9.17) is 5.73 Å². The normalized spacial score (nSPS) is 11.1. The van der Waals surface area contributed by atoms with Crippen molar-refractivity contribution < 1.29 is 22.8 Å². The van der Waals surface area contributed by atoms with Crippen molar-refractivity contribution in [2.45, 2.75) is 12.8 Å². The molecule has 0 saturated carbocycles. The second-order valence-electron chi connectivity index (χ2n) is 4.95. The average molecular weight is 322 g/mol. The predicted molar refractivity (Wildman–Crippen MR) is 78.6 cm³/mol. The van der Waals surface area contributed by atoms with Gasteiger partial charge >= 0.3 is 5.92 Å². The molecule has 2 aromatic carbocycles. The molecule has 23 heavy (non-hydrogen) atoms. The maximum absolute atomic E-state index is 14.1. The van der Waals surface area contributed by atoms with E-state index in [1.807, 2.05) is 5.32 Å². The van der Waals surface area contributed by atoms with Gasteiger partial charge in [-0.05, 0) is 48.9 Å². The van der Waals surface area contributed by atoms with Crippen molar-refractivity contribution in [2.75, 3.05) is 5.32 Å². The first-order chi connectivity index (χ1) is 10.7. The summed E-state index contributed by atoms with van der Waals surface area (Å²) < 4.78 is 41.1. The molecule has 0 aromatic heterocycles. The van der Waals surface area contributed by atoms with Crippen LogP contribution >= 0.6 is 0 Å². The van der Waals surface area contributed by atoms with Crippen molar-refractivity contribution in [3.05, 3.63) is 65.0 Å². The Balaban J connectivity index is 2.33. The molecule has 0 radical (unpaired) electrons. The molecule has 0 aliphatic rings. The van der Waals surface area contributed by atoms with Gasteiger partial charge in [0.05, 0.1) is 11.3 Å².